The van der Waals surface area contributed by atoms with Crippen LogP contribution < -0.4 is 14.2 Å². The van der Waals surface area contributed by atoms with Crippen LogP contribution in [0.15, 0.2) is 42.5 Å². The minimum Gasteiger partial charge on any atom is -0.496 e. The molecular weight excluding hydrogens is 284 g/mol. The van der Waals surface area contributed by atoms with Crippen LogP contribution in [0.5, 0.6) is 17.2 Å². The van der Waals surface area contributed by atoms with Gasteiger partial charge in [-0.2, -0.15) is 0 Å². The first-order valence-corrected chi connectivity index (χ1v) is 6.76. The zero-order chi connectivity index (χ0) is 15.7. The number of fused-ring (bicyclic) bond motifs is 1. The molecule has 1 heterocycles. The summed E-state index contributed by atoms with van der Waals surface area (Å²) in [6.07, 6.45) is -0.751. The van der Waals surface area contributed by atoms with Crippen molar-refractivity contribution in [2.75, 3.05) is 7.11 Å². The van der Waals surface area contributed by atoms with Crippen LogP contribution in [0.1, 0.15) is 28.9 Å². The standard InChI is InChI=1S/C17H14O5/c1-10(18)21-11-7-8-12-15(9-11)22-17(16(12)19)13-5-3-4-6-14(13)20-2/h3-9,17H,1-2H3. The molecule has 0 aliphatic carbocycles. The zero-order valence-electron chi connectivity index (χ0n) is 12.2. The molecule has 2 aromatic rings. The molecule has 2 aromatic carbocycles. The van der Waals surface area contributed by atoms with E-state index in [4.69, 9.17) is 14.2 Å². The summed E-state index contributed by atoms with van der Waals surface area (Å²) in [7, 11) is 1.55. The molecule has 0 amide bonds. The monoisotopic (exact) mass is 298 g/mol. The van der Waals surface area contributed by atoms with Gasteiger partial charge >= 0.3 is 5.97 Å². The lowest BCUT2D eigenvalue weighted by atomic mass is 10.0. The highest BCUT2D eigenvalue weighted by Gasteiger charge is 2.35. The average molecular weight is 298 g/mol. The van der Waals surface area contributed by atoms with Gasteiger partial charge in [0.2, 0.25) is 5.78 Å². The summed E-state index contributed by atoms with van der Waals surface area (Å²) < 4.78 is 16.0. The van der Waals surface area contributed by atoms with E-state index in [1.807, 2.05) is 12.1 Å². The lowest BCUT2D eigenvalue weighted by Crippen LogP contribution is -2.12. The number of hydrogen-bond donors (Lipinski definition) is 0. The summed E-state index contributed by atoms with van der Waals surface area (Å²) in [6.45, 7) is 1.32. The molecule has 0 spiro atoms. The number of carbonyl (C=O) groups excluding carboxylic acids is 2. The molecule has 0 radical (unpaired) electrons. The van der Waals surface area contributed by atoms with Crippen LogP contribution >= 0.6 is 0 Å². The second-order valence-corrected chi connectivity index (χ2v) is 4.86. The molecule has 0 bridgehead atoms. The van der Waals surface area contributed by atoms with E-state index < -0.39 is 12.1 Å². The highest BCUT2D eigenvalue weighted by Crippen LogP contribution is 2.41. The summed E-state index contributed by atoms with van der Waals surface area (Å²) in [4.78, 5) is 23.5. The number of methoxy groups -OCH3 is 1. The fraction of sp³-hybridized carbons (Fsp3) is 0.176. The number of para-hydroxylation sites is 1. The van der Waals surface area contributed by atoms with Gasteiger partial charge in [-0.15, -0.1) is 0 Å². The molecule has 1 aliphatic heterocycles. The molecule has 5 heteroatoms. The number of esters is 1. The Morgan fingerprint density at radius 2 is 1.95 bits per heavy atom. The van der Waals surface area contributed by atoms with Gasteiger partial charge in [-0.25, -0.2) is 0 Å². The predicted octanol–water partition coefficient (Wildman–Crippen LogP) is 2.94. The molecule has 3 rings (SSSR count). The van der Waals surface area contributed by atoms with E-state index in [-0.39, 0.29) is 5.78 Å². The summed E-state index contributed by atoms with van der Waals surface area (Å²) in [5, 5.41) is 0. The molecule has 0 N–H and O–H groups in total. The third kappa shape index (κ3) is 2.41. The lowest BCUT2D eigenvalue weighted by molar-refractivity contribution is -0.131. The Kier molecular flexibility index (Phi) is 3.55. The van der Waals surface area contributed by atoms with Gasteiger partial charge in [0.15, 0.2) is 6.10 Å². The highest BCUT2D eigenvalue weighted by atomic mass is 16.5. The Bertz CT molecular complexity index is 750. The first kappa shape index (κ1) is 14.1. The smallest absolute Gasteiger partial charge is 0.308 e. The molecule has 22 heavy (non-hydrogen) atoms. The number of carbonyl (C=O) groups is 2. The molecule has 1 aliphatic rings. The minimum absolute atomic E-state index is 0.145. The topological polar surface area (TPSA) is 61.8 Å². The first-order valence-electron chi connectivity index (χ1n) is 6.76. The predicted molar refractivity (Wildman–Crippen MR) is 78.4 cm³/mol. The van der Waals surface area contributed by atoms with Gasteiger partial charge in [0.1, 0.15) is 17.2 Å². The number of hydrogen-bond acceptors (Lipinski definition) is 5. The van der Waals surface area contributed by atoms with Crippen LogP contribution in [0.3, 0.4) is 0 Å². The van der Waals surface area contributed by atoms with Crippen molar-refractivity contribution in [3.63, 3.8) is 0 Å². The molecule has 0 saturated carbocycles. The van der Waals surface area contributed by atoms with Crippen molar-refractivity contribution in [1.82, 2.24) is 0 Å². The van der Waals surface area contributed by atoms with E-state index in [9.17, 15) is 9.59 Å². The number of benzene rings is 2. The van der Waals surface area contributed by atoms with Crippen LogP contribution in [0, 0.1) is 0 Å². The Morgan fingerprint density at radius 3 is 2.68 bits per heavy atom. The van der Waals surface area contributed by atoms with Crippen LogP contribution in [0.25, 0.3) is 0 Å². The average Bonchev–Trinajstić information content (AvgIpc) is 2.83. The number of ether oxygens (including phenoxy) is 3. The quantitative estimate of drug-likeness (QED) is 0.644. The first-order chi connectivity index (χ1) is 10.6. The molecule has 1 unspecified atom stereocenters. The van der Waals surface area contributed by atoms with E-state index in [2.05, 4.69) is 0 Å². The molecule has 0 aromatic heterocycles. The molecular formula is C17H14O5. The second-order valence-electron chi connectivity index (χ2n) is 4.86. The Balaban J connectivity index is 1.95. The summed E-state index contributed by atoms with van der Waals surface area (Å²) in [5.74, 6) is 0.771. The van der Waals surface area contributed by atoms with Gasteiger partial charge in [-0.3, -0.25) is 9.59 Å². The van der Waals surface area contributed by atoms with Crippen molar-refractivity contribution in [2.24, 2.45) is 0 Å². The Hall–Kier alpha value is -2.82. The maximum atomic E-state index is 12.5. The number of rotatable bonds is 3. The fourth-order valence-corrected chi connectivity index (χ4v) is 2.44. The van der Waals surface area contributed by atoms with E-state index in [0.717, 1.165) is 0 Å². The zero-order valence-corrected chi connectivity index (χ0v) is 12.2. The largest absolute Gasteiger partial charge is 0.496 e. The molecule has 0 saturated heterocycles. The van der Waals surface area contributed by atoms with E-state index in [0.29, 0.717) is 28.4 Å². The van der Waals surface area contributed by atoms with Crippen LogP contribution in [0.2, 0.25) is 0 Å². The van der Waals surface area contributed by atoms with Gasteiger partial charge in [0.05, 0.1) is 12.7 Å². The van der Waals surface area contributed by atoms with Gasteiger partial charge in [-0.1, -0.05) is 18.2 Å². The Labute approximate surface area is 127 Å². The summed E-state index contributed by atoms with van der Waals surface area (Å²) in [5.41, 5.74) is 1.13. The lowest BCUT2D eigenvalue weighted by Gasteiger charge is -2.13. The van der Waals surface area contributed by atoms with E-state index in [1.165, 1.54) is 6.92 Å². The fourth-order valence-electron chi connectivity index (χ4n) is 2.44. The third-order valence-electron chi connectivity index (χ3n) is 3.38. The Morgan fingerprint density at radius 1 is 1.18 bits per heavy atom. The SMILES string of the molecule is COc1ccccc1C1Oc2cc(OC(C)=O)ccc2C1=O. The molecule has 0 fully saturated rings. The number of Topliss-reactive ketones (excluding diaryl/α,β-unsaturated/α-hetero) is 1. The summed E-state index contributed by atoms with van der Waals surface area (Å²) in [6, 6.07) is 11.9. The van der Waals surface area contributed by atoms with Crippen molar-refractivity contribution in [2.45, 2.75) is 13.0 Å². The summed E-state index contributed by atoms with van der Waals surface area (Å²) >= 11 is 0. The van der Waals surface area contributed by atoms with Crippen molar-refractivity contribution in [3.8, 4) is 17.2 Å². The van der Waals surface area contributed by atoms with Gasteiger partial charge < -0.3 is 14.2 Å². The molecule has 1 atom stereocenters. The van der Waals surface area contributed by atoms with Crippen LogP contribution in [-0.4, -0.2) is 18.9 Å². The second kappa shape index (κ2) is 5.52. The minimum atomic E-state index is -0.751. The maximum absolute atomic E-state index is 12.5. The van der Waals surface area contributed by atoms with Gasteiger partial charge in [0, 0.05) is 18.6 Å². The van der Waals surface area contributed by atoms with Gasteiger partial charge in [-0.05, 0) is 18.2 Å². The van der Waals surface area contributed by atoms with Crippen molar-refractivity contribution in [1.29, 1.82) is 0 Å². The van der Waals surface area contributed by atoms with Gasteiger partial charge in [0.25, 0.3) is 0 Å². The highest BCUT2D eigenvalue weighted by molar-refractivity contribution is 6.05. The van der Waals surface area contributed by atoms with Crippen molar-refractivity contribution in [3.05, 3.63) is 53.6 Å². The third-order valence-corrected chi connectivity index (χ3v) is 3.38. The van der Waals surface area contributed by atoms with E-state index >= 15 is 0 Å². The van der Waals surface area contributed by atoms with Crippen molar-refractivity contribution >= 4 is 11.8 Å². The van der Waals surface area contributed by atoms with E-state index in [1.54, 1.807) is 37.4 Å². The van der Waals surface area contributed by atoms with Crippen molar-refractivity contribution < 1.29 is 23.8 Å². The molecule has 112 valence electrons. The normalized spacial score (nSPS) is 15.9. The van der Waals surface area contributed by atoms with Crippen LogP contribution in [-0.2, 0) is 4.79 Å². The van der Waals surface area contributed by atoms with Crippen LogP contribution in [0.4, 0.5) is 0 Å². The molecule has 5 nitrogen and oxygen atoms in total. The maximum Gasteiger partial charge on any atom is 0.308 e. The number of ketones is 1.